The van der Waals surface area contributed by atoms with Gasteiger partial charge in [0.2, 0.25) is 11.7 Å². The van der Waals surface area contributed by atoms with Crippen LogP contribution >= 0.6 is 0 Å². The molecule has 2 rings (SSSR count). The molecule has 1 atom stereocenters. The van der Waals surface area contributed by atoms with Crippen LogP contribution in [0.5, 0.6) is 0 Å². The SMILES string of the molecule is CNC(C)c1nc(C2(OC)CCCC2)no1. The minimum absolute atomic E-state index is 0.0801. The van der Waals surface area contributed by atoms with E-state index in [1.165, 1.54) is 12.8 Å². The molecule has 1 fully saturated rings. The summed E-state index contributed by atoms with van der Waals surface area (Å²) in [6.45, 7) is 1.99. The summed E-state index contributed by atoms with van der Waals surface area (Å²) in [6.07, 6.45) is 4.30. The Balaban J connectivity index is 2.23. The second kappa shape index (κ2) is 4.51. The molecule has 5 heteroatoms. The maximum absolute atomic E-state index is 5.61. The summed E-state index contributed by atoms with van der Waals surface area (Å²) >= 11 is 0. The topological polar surface area (TPSA) is 60.2 Å². The molecule has 1 aromatic rings. The number of nitrogens with zero attached hydrogens (tertiary/aromatic N) is 2. The molecule has 1 aliphatic carbocycles. The smallest absolute Gasteiger partial charge is 0.243 e. The Labute approximate surface area is 95.6 Å². The number of ether oxygens (including phenoxy) is 1. The van der Waals surface area contributed by atoms with Gasteiger partial charge in [-0.3, -0.25) is 0 Å². The minimum Gasteiger partial charge on any atom is -0.370 e. The van der Waals surface area contributed by atoms with Gasteiger partial charge in [0.15, 0.2) is 0 Å². The Morgan fingerprint density at radius 2 is 2.12 bits per heavy atom. The molecule has 1 heterocycles. The van der Waals surface area contributed by atoms with Crippen LogP contribution in [-0.2, 0) is 10.3 Å². The number of rotatable bonds is 4. The average Bonchev–Trinajstić information content (AvgIpc) is 2.96. The molecule has 0 aliphatic heterocycles. The highest BCUT2D eigenvalue weighted by Crippen LogP contribution is 2.40. The highest BCUT2D eigenvalue weighted by molar-refractivity contribution is 5.05. The second-order valence-electron chi connectivity index (χ2n) is 4.37. The molecule has 1 aromatic heterocycles. The molecule has 0 aromatic carbocycles. The number of hydrogen-bond acceptors (Lipinski definition) is 5. The zero-order valence-corrected chi connectivity index (χ0v) is 10.1. The highest BCUT2D eigenvalue weighted by atomic mass is 16.5. The molecule has 90 valence electrons. The fourth-order valence-corrected chi connectivity index (χ4v) is 2.18. The van der Waals surface area contributed by atoms with Crippen molar-refractivity contribution in [3.05, 3.63) is 11.7 Å². The number of nitrogens with one attached hydrogen (secondary N) is 1. The maximum atomic E-state index is 5.61. The summed E-state index contributed by atoms with van der Waals surface area (Å²) in [5, 5.41) is 7.14. The van der Waals surface area contributed by atoms with Gasteiger partial charge in [-0.1, -0.05) is 5.16 Å². The van der Waals surface area contributed by atoms with Crippen molar-refractivity contribution in [1.82, 2.24) is 15.5 Å². The van der Waals surface area contributed by atoms with Crippen LogP contribution in [0.1, 0.15) is 50.4 Å². The predicted molar refractivity (Wildman–Crippen MR) is 58.9 cm³/mol. The first kappa shape index (κ1) is 11.5. The molecule has 0 bridgehead atoms. The highest BCUT2D eigenvalue weighted by Gasteiger charge is 2.40. The lowest BCUT2D eigenvalue weighted by Crippen LogP contribution is -2.26. The summed E-state index contributed by atoms with van der Waals surface area (Å²) < 4.78 is 10.9. The maximum Gasteiger partial charge on any atom is 0.243 e. The Bertz CT molecular complexity index is 345. The lowest BCUT2D eigenvalue weighted by molar-refractivity contribution is -0.0178. The largest absolute Gasteiger partial charge is 0.370 e. The van der Waals surface area contributed by atoms with E-state index < -0.39 is 0 Å². The van der Waals surface area contributed by atoms with Crippen LogP contribution in [0.2, 0.25) is 0 Å². The molecule has 1 unspecified atom stereocenters. The summed E-state index contributed by atoms with van der Waals surface area (Å²) in [6, 6.07) is 0.0801. The third-order valence-corrected chi connectivity index (χ3v) is 3.45. The van der Waals surface area contributed by atoms with Crippen LogP contribution < -0.4 is 5.32 Å². The van der Waals surface area contributed by atoms with Crippen molar-refractivity contribution in [2.24, 2.45) is 0 Å². The van der Waals surface area contributed by atoms with Gasteiger partial charge < -0.3 is 14.6 Å². The van der Waals surface area contributed by atoms with Crippen LogP contribution in [0.25, 0.3) is 0 Å². The van der Waals surface area contributed by atoms with Gasteiger partial charge in [-0.05, 0) is 39.7 Å². The Kier molecular flexibility index (Phi) is 3.25. The normalized spacial score (nSPS) is 21.2. The van der Waals surface area contributed by atoms with Crippen LogP contribution in [0.4, 0.5) is 0 Å². The van der Waals surface area contributed by atoms with Gasteiger partial charge >= 0.3 is 0 Å². The lowest BCUT2D eigenvalue weighted by atomic mass is 10.0. The molecule has 16 heavy (non-hydrogen) atoms. The molecule has 1 saturated carbocycles. The molecule has 1 aliphatic rings. The van der Waals surface area contributed by atoms with Gasteiger partial charge in [-0.15, -0.1) is 0 Å². The van der Waals surface area contributed by atoms with Gasteiger partial charge in [0.1, 0.15) is 5.60 Å². The number of aromatic nitrogens is 2. The first-order valence-corrected chi connectivity index (χ1v) is 5.78. The van der Waals surface area contributed by atoms with E-state index in [2.05, 4.69) is 15.5 Å². The minimum atomic E-state index is -0.310. The van der Waals surface area contributed by atoms with E-state index in [9.17, 15) is 0 Å². The summed E-state index contributed by atoms with van der Waals surface area (Å²) in [7, 11) is 3.60. The molecular weight excluding hydrogens is 206 g/mol. The summed E-state index contributed by atoms with van der Waals surface area (Å²) in [5.41, 5.74) is -0.310. The van der Waals surface area contributed by atoms with E-state index in [1.54, 1.807) is 7.11 Å². The van der Waals surface area contributed by atoms with E-state index >= 15 is 0 Å². The molecular formula is C11H19N3O2. The quantitative estimate of drug-likeness (QED) is 0.846. The Morgan fingerprint density at radius 3 is 2.69 bits per heavy atom. The average molecular weight is 225 g/mol. The van der Waals surface area contributed by atoms with Gasteiger partial charge in [0.25, 0.3) is 0 Å². The van der Waals surface area contributed by atoms with Gasteiger partial charge in [0.05, 0.1) is 6.04 Å². The summed E-state index contributed by atoms with van der Waals surface area (Å²) in [5.74, 6) is 1.32. The van der Waals surface area contributed by atoms with Crippen molar-refractivity contribution in [3.8, 4) is 0 Å². The predicted octanol–water partition coefficient (Wildman–Crippen LogP) is 1.77. The van der Waals surface area contributed by atoms with E-state index in [4.69, 9.17) is 9.26 Å². The van der Waals surface area contributed by atoms with E-state index in [0.717, 1.165) is 12.8 Å². The van der Waals surface area contributed by atoms with Crippen LogP contribution in [0.15, 0.2) is 4.52 Å². The lowest BCUT2D eigenvalue weighted by Gasteiger charge is -2.22. The number of methoxy groups -OCH3 is 1. The molecule has 1 N–H and O–H groups in total. The first-order chi connectivity index (χ1) is 7.72. The molecule has 0 amide bonds. The zero-order chi connectivity index (χ0) is 11.6. The first-order valence-electron chi connectivity index (χ1n) is 5.78. The Hall–Kier alpha value is -0.940. The number of hydrogen-bond donors (Lipinski definition) is 1. The third-order valence-electron chi connectivity index (χ3n) is 3.45. The van der Waals surface area contributed by atoms with E-state index in [-0.39, 0.29) is 11.6 Å². The molecule has 0 saturated heterocycles. The van der Waals surface area contributed by atoms with Gasteiger partial charge in [-0.25, -0.2) is 0 Å². The fourth-order valence-electron chi connectivity index (χ4n) is 2.18. The van der Waals surface area contributed by atoms with Crippen molar-refractivity contribution in [2.75, 3.05) is 14.2 Å². The van der Waals surface area contributed by atoms with Crippen molar-refractivity contribution in [3.63, 3.8) is 0 Å². The van der Waals surface area contributed by atoms with Crippen molar-refractivity contribution in [2.45, 2.75) is 44.2 Å². The summed E-state index contributed by atoms with van der Waals surface area (Å²) in [4.78, 5) is 4.44. The monoisotopic (exact) mass is 225 g/mol. The standard InChI is InChI=1S/C11H19N3O2/c1-8(12-2)9-13-10(14-16-9)11(15-3)6-4-5-7-11/h8,12H,4-7H2,1-3H3. The van der Waals surface area contributed by atoms with Crippen LogP contribution in [0, 0.1) is 0 Å². The van der Waals surface area contributed by atoms with Gasteiger partial charge in [0, 0.05) is 7.11 Å². The Morgan fingerprint density at radius 1 is 1.44 bits per heavy atom. The van der Waals surface area contributed by atoms with Crippen molar-refractivity contribution < 1.29 is 9.26 Å². The van der Waals surface area contributed by atoms with E-state index in [0.29, 0.717) is 11.7 Å². The zero-order valence-electron chi connectivity index (χ0n) is 10.1. The van der Waals surface area contributed by atoms with Crippen LogP contribution in [-0.4, -0.2) is 24.3 Å². The molecule has 5 nitrogen and oxygen atoms in total. The van der Waals surface area contributed by atoms with Crippen LogP contribution in [0.3, 0.4) is 0 Å². The van der Waals surface area contributed by atoms with Crippen molar-refractivity contribution >= 4 is 0 Å². The molecule has 0 radical (unpaired) electrons. The van der Waals surface area contributed by atoms with E-state index in [1.807, 2.05) is 14.0 Å². The fraction of sp³-hybridized carbons (Fsp3) is 0.818. The van der Waals surface area contributed by atoms with Gasteiger partial charge in [-0.2, -0.15) is 4.98 Å². The van der Waals surface area contributed by atoms with Crippen molar-refractivity contribution in [1.29, 1.82) is 0 Å². The third kappa shape index (κ3) is 1.85. The second-order valence-corrected chi connectivity index (χ2v) is 4.37. The molecule has 0 spiro atoms.